The van der Waals surface area contributed by atoms with Crippen LogP contribution < -0.4 is 15.8 Å². The number of imidazole rings is 1. The Bertz CT molecular complexity index is 754. The standard InChI is InChI=1S/C21H31N5O2.2ClH/c1-25-13-11-23-20(25)16-28-19-7-5-17(6-8-19)15-26-12-3-2-4-18(26)14-24-21(27)9-10-22;;/h5-8,11,13,18H,2-4,9-10,12,14-16,22H2,1H3,(H,24,27);2*1H. The van der Waals surface area contributed by atoms with Gasteiger partial charge in [0, 0.05) is 51.5 Å². The number of aryl methyl sites for hydroxylation is 1. The lowest BCUT2D eigenvalue weighted by Gasteiger charge is -2.36. The Morgan fingerprint density at radius 3 is 2.70 bits per heavy atom. The fraction of sp³-hybridized carbons (Fsp3) is 0.524. The number of nitrogens with two attached hydrogens (primary N) is 1. The van der Waals surface area contributed by atoms with Gasteiger partial charge in [0.25, 0.3) is 0 Å². The summed E-state index contributed by atoms with van der Waals surface area (Å²) in [6.07, 6.45) is 7.62. The fourth-order valence-electron chi connectivity index (χ4n) is 3.56. The Morgan fingerprint density at radius 2 is 2.03 bits per heavy atom. The Balaban J connectivity index is 0.00000225. The lowest BCUT2D eigenvalue weighted by molar-refractivity contribution is -0.121. The van der Waals surface area contributed by atoms with E-state index in [4.69, 9.17) is 10.5 Å². The van der Waals surface area contributed by atoms with Crippen molar-refractivity contribution in [1.29, 1.82) is 0 Å². The van der Waals surface area contributed by atoms with Crippen molar-refractivity contribution in [1.82, 2.24) is 19.8 Å². The molecule has 1 amide bonds. The first kappa shape index (κ1) is 26.2. The molecule has 0 bridgehead atoms. The van der Waals surface area contributed by atoms with Crippen LogP contribution in [0.15, 0.2) is 36.7 Å². The number of nitrogens with zero attached hydrogens (tertiary/aromatic N) is 3. The molecule has 7 nitrogen and oxygen atoms in total. The minimum absolute atomic E-state index is 0. The third-order valence-corrected chi connectivity index (χ3v) is 5.25. The van der Waals surface area contributed by atoms with Gasteiger partial charge in [0.05, 0.1) is 0 Å². The highest BCUT2D eigenvalue weighted by molar-refractivity contribution is 5.85. The molecule has 1 aliphatic heterocycles. The summed E-state index contributed by atoms with van der Waals surface area (Å²) >= 11 is 0. The first-order valence-corrected chi connectivity index (χ1v) is 10.0. The van der Waals surface area contributed by atoms with Crippen molar-refractivity contribution in [2.24, 2.45) is 12.8 Å². The van der Waals surface area contributed by atoms with E-state index in [2.05, 4.69) is 27.3 Å². The van der Waals surface area contributed by atoms with Crippen molar-refractivity contribution in [2.75, 3.05) is 19.6 Å². The van der Waals surface area contributed by atoms with Crippen LogP contribution in [0.5, 0.6) is 5.75 Å². The number of hydrogen-bond donors (Lipinski definition) is 2. The van der Waals surface area contributed by atoms with Gasteiger partial charge in [-0.2, -0.15) is 0 Å². The number of halogens is 2. The zero-order valence-electron chi connectivity index (χ0n) is 17.5. The molecule has 0 spiro atoms. The minimum Gasteiger partial charge on any atom is -0.486 e. The second kappa shape index (κ2) is 13.5. The van der Waals surface area contributed by atoms with Gasteiger partial charge >= 0.3 is 0 Å². The van der Waals surface area contributed by atoms with Crippen LogP contribution in [0.1, 0.15) is 37.1 Å². The number of benzene rings is 1. The predicted octanol–water partition coefficient (Wildman–Crippen LogP) is 2.66. The maximum atomic E-state index is 11.7. The summed E-state index contributed by atoms with van der Waals surface area (Å²) in [7, 11) is 1.96. The van der Waals surface area contributed by atoms with Crippen LogP contribution in [0.3, 0.4) is 0 Å². The van der Waals surface area contributed by atoms with Gasteiger partial charge in [-0.15, -0.1) is 24.8 Å². The van der Waals surface area contributed by atoms with Gasteiger partial charge in [-0.05, 0) is 37.1 Å². The lowest BCUT2D eigenvalue weighted by atomic mass is 10.0. The van der Waals surface area contributed by atoms with E-state index >= 15 is 0 Å². The Labute approximate surface area is 191 Å². The number of piperidine rings is 1. The molecule has 0 saturated carbocycles. The molecule has 168 valence electrons. The van der Waals surface area contributed by atoms with Crippen molar-refractivity contribution in [2.45, 2.75) is 44.9 Å². The summed E-state index contributed by atoms with van der Waals surface area (Å²) in [5, 5.41) is 3.02. The third-order valence-electron chi connectivity index (χ3n) is 5.25. The van der Waals surface area contributed by atoms with Crippen LogP contribution in [0.2, 0.25) is 0 Å². The van der Waals surface area contributed by atoms with Crippen molar-refractivity contribution in [3.63, 3.8) is 0 Å². The number of likely N-dealkylation sites (tertiary alicyclic amines) is 1. The zero-order chi connectivity index (χ0) is 19.8. The van der Waals surface area contributed by atoms with E-state index in [0.717, 1.165) is 31.1 Å². The summed E-state index contributed by atoms with van der Waals surface area (Å²) < 4.78 is 7.79. The number of amides is 1. The highest BCUT2D eigenvalue weighted by Gasteiger charge is 2.22. The van der Waals surface area contributed by atoms with E-state index < -0.39 is 0 Å². The number of ether oxygens (including phenoxy) is 1. The van der Waals surface area contributed by atoms with Crippen LogP contribution in [0, 0.1) is 0 Å². The first-order valence-electron chi connectivity index (χ1n) is 10.0. The molecule has 1 atom stereocenters. The maximum Gasteiger partial charge on any atom is 0.221 e. The van der Waals surface area contributed by atoms with E-state index in [9.17, 15) is 4.79 Å². The van der Waals surface area contributed by atoms with Crippen LogP contribution in [-0.2, 0) is 25.0 Å². The second-order valence-electron chi connectivity index (χ2n) is 7.35. The van der Waals surface area contributed by atoms with E-state index in [1.54, 1.807) is 6.20 Å². The van der Waals surface area contributed by atoms with Crippen molar-refractivity contribution in [3.05, 3.63) is 48.0 Å². The predicted molar refractivity (Wildman–Crippen MR) is 123 cm³/mol. The Kier molecular flexibility index (Phi) is 11.8. The van der Waals surface area contributed by atoms with Gasteiger partial charge in [-0.3, -0.25) is 9.69 Å². The summed E-state index contributed by atoms with van der Waals surface area (Å²) in [6.45, 7) is 3.50. The second-order valence-corrected chi connectivity index (χ2v) is 7.35. The average molecular weight is 458 g/mol. The maximum absolute atomic E-state index is 11.7. The van der Waals surface area contributed by atoms with E-state index in [1.165, 1.54) is 18.4 Å². The highest BCUT2D eigenvalue weighted by Crippen LogP contribution is 2.21. The third kappa shape index (κ3) is 7.80. The molecule has 2 heterocycles. The summed E-state index contributed by atoms with van der Waals surface area (Å²) in [4.78, 5) is 18.5. The van der Waals surface area contributed by atoms with Gasteiger partial charge in [0.1, 0.15) is 18.2 Å². The largest absolute Gasteiger partial charge is 0.486 e. The molecular weight excluding hydrogens is 425 g/mol. The molecule has 0 aliphatic carbocycles. The van der Waals surface area contributed by atoms with Crippen LogP contribution >= 0.6 is 24.8 Å². The number of hydrogen-bond acceptors (Lipinski definition) is 5. The average Bonchev–Trinajstić information content (AvgIpc) is 3.12. The van der Waals surface area contributed by atoms with Crippen molar-refractivity contribution in [3.8, 4) is 5.75 Å². The van der Waals surface area contributed by atoms with Gasteiger partial charge in [-0.1, -0.05) is 18.6 Å². The summed E-state index contributed by atoms with van der Waals surface area (Å²) in [6, 6.07) is 8.65. The van der Waals surface area contributed by atoms with Crippen molar-refractivity contribution < 1.29 is 9.53 Å². The van der Waals surface area contributed by atoms with E-state index in [-0.39, 0.29) is 30.7 Å². The van der Waals surface area contributed by atoms with Gasteiger partial charge in [0.15, 0.2) is 0 Å². The first-order chi connectivity index (χ1) is 13.7. The number of carbonyl (C=O) groups is 1. The zero-order valence-corrected chi connectivity index (χ0v) is 19.1. The molecule has 1 fully saturated rings. The molecule has 1 saturated heterocycles. The normalized spacial score (nSPS) is 16.3. The molecule has 0 radical (unpaired) electrons. The topological polar surface area (TPSA) is 85.4 Å². The molecule has 9 heteroatoms. The van der Waals surface area contributed by atoms with Gasteiger partial charge < -0.3 is 20.4 Å². The molecule has 1 aliphatic rings. The Hall–Kier alpha value is -1.80. The summed E-state index contributed by atoms with van der Waals surface area (Å²) in [5.74, 6) is 1.79. The monoisotopic (exact) mass is 457 g/mol. The smallest absolute Gasteiger partial charge is 0.221 e. The molecule has 1 aromatic heterocycles. The molecule has 1 unspecified atom stereocenters. The van der Waals surface area contributed by atoms with E-state index in [1.807, 2.05) is 29.9 Å². The highest BCUT2D eigenvalue weighted by atomic mass is 35.5. The van der Waals surface area contributed by atoms with Crippen molar-refractivity contribution >= 4 is 30.7 Å². The molecule has 3 rings (SSSR count). The molecule has 2 aromatic rings. The molecular formula is C21H33Cl2N5O2. The van der Waals surface area contributed by atoms with E-state index in [0.29, 0.717) is 32.2 Å². The molecule has 3 N–H and O–H groups in total. The number of aromatic nitrogens is 2. The molecule has 30 heavy (non-hydrogen) atoms. The quantitative estimate of drug-likeness (QED) is 0.604. The van der Waals surface area contributed by atoms with Crippen LogP contribution in [-0.4, -0.2) is 46.0 Å². The molecule has 1 aromatic carbocycles. The SMILES string of the molecule is Cl.Cl.Cn1ccnc1COc1ccc(CN2CCCCC2CNC(=O)CCN)cc1. The number of carbonyl (C=O) groups excluding carboxylic acids is 1. The number of nitrogens with one attached hydrogen (secondary N) is 1. The Morgan fingerprint density at radius 1 is 1.27 bits per heavy atom. The minimum atomic E-state index is 0. The summed E-state index contributed by atoms with van der Waals surface area (Å²) in [5.41, 5.74) is 6.70. The lowest BCUT2D eigenvalue weighted by Crippen LogP contribution is -2.46. The van der Waals surface area contributed by atoms with Crippen LogP contribution in [0.4, 0.5) is 0 Å². The van der Waals surface area contributed by atoms with Crippen LogP contribution in [0.25, 0.3) is 0 Å². The van der Waals surface area contributed by atoms with Gasteiger partial charge in [-0.25, -0.2) is 4.98 Å². The number of rotatable bonds is 9. The fourth-order valence-corrected chi connectivity index (χ4v) is 3.56. The van der Waals surface area contributed by atoms with Gasteiger partial charge in [0.2, 0.25) is 5.91 Å².